The second-order valence-corrected chi connectivity index (χ2v) is 8.29. The topological polar surface area (TPSA) is 67.6 Å². The van der Waals surface area contributed by atoms with Crippen molar-refractivity contribution in [3.8, 4) is 11.3 Å². The molecule has 0 saturated carbocycles. The summed E-state index contributed by atoms with van der Waals surface area (Å²) >= 11 is 0. The highest BCUT2D eigenvalue weighted by atomic mass is 19.1. The van der Waals surface area contributed by atoms with E-state index in [0.717, 1.165) is 41.2 Å². The number of aromatic amines is 1. The molecule has 0 fully saturated rings. The predicted octanol–water partition coefficient (Wildman–Crippen LogP) is 5.39. The van der Waals surface area contributed by atoms with Gasteiger partial charge in [-0.05, 0) is 29.5 Å². The first-order valence-electron chi connectivity index (χ1n) is 9.80. The molecule has 2 aromatic heterocycles. The molecule has 0 amide bonds. The van der Waals surface area contributed by atoms with E-state index in [0.29, 0.717) is 0 Å². The normalized spacial score (nSPS) is 14.1. The van der Waals surface area contributed by atoms with E-state index >= 15 is 0 Å². The van der Waals surface area contributed by atoms with Gasteiger partial charge in [-0.1, -0.05) is 58.4 Å². The molecule has 0 aliphatic rings. The van der Waals surface area contributed by atoms with E-state index in [1.165, 1.54) is 12.3 Å². The molecular weight excluding hydrogens is 351 g/mol. The van der Waals surface area contributed by atoms with Crippen molar-refractivity contribution in [3.63, 3.8) is 0 Å². The number of rotatable bonds is 7. The Morgan fingerprint density at radius 2 is 1.79 bits per heavy atom. The Balaban J connectivity index is 1.72. The monoisotopic (exact) mass is 380 g/mol. The van der Waals surface area contributed by atoms with Crippen LogP contribution in [0, 0.1) is 11.2 Å². The lowest BCUT2D eigenvalue weighted by Gasteiger charge is -2.21. The van der Waals surface area contributed by atoms with Gasteiger partial charge in [0.2, 0.25) is 0 Å². The molecule has 0 aliphatic heterocycles. The molecule has 5 heteroatoms. The number of hydrogen-bond acceptors (Lipinski definition) is 3. The minimum Gasteiger partial charge on any atom is -0.345 e. The van der Waals surface area contributed by atoms with Crippen molar-refractivity contribution in [2.24, 2.45) is 11.1 Å². The Labute approximate surface area is 166 Å². The summed E-state index contributed by atoms with van der Waals surface area (Å²) in [6, 6.07) is 11.0. The number of hydrogen-bond donors (Lipinski definition) is 2. The maximum absolute atomic E-state index is 13.0. The number of nitrogens with one attached hydrogen (secondary N) is 1. The standard InChI is InChI=1S/C23H29FN4/c1-5-23(3,4)12-19-14-27-22(28-19)21(25)15(2)16-6-8-17(9-7-16)20-11-10-18(24)13-26-20/h6-11,13-15,21H,5,12,25H2,1-4H3,(H,27,28). The fourth-order valence-electron chi connectivity index (χ4n) is 3.22. The van der Waals surface area contributed by atoms with Crippen molar-refractivity contribution in [1.29, 1.82) is 0 Å². The number of nitrogens with zero attached hydrogens (tertiary/aromatic N) is 2. The molecule has 3 aromatic rings. The first-order valence-corrected chi connectivity index (χ1v) is 9.80. The average Bonchev–Trinajstić information content (AvgIpc) is 3.15. The Bertz CT molecular complexity index is 897. The van der Waals surface area contributed by atoms with Crippen LogP contribution in [-0.2, 0) is 6.42 Å². The largest absolute Gasteiger partial charge is 0.345 e. The average molecular weight is 381 g/mol. The van der Waals surface area contributed by atoms with E-state index in [1.807, 2.05) is 18.3 Å². The van der Waals surface area contributed by atoms with Gasteiger partial charge in [-0.25, -0.2) is 9.37 Å². The highest BCUT2D eigenvalue weighted by Crippen LogP contribution is 2.30. The van der Waals surface area contributed by atoms with Crippen LogP contribution in [0.2, 0.25) is 0 Å². The zero-order chi connectivity index (χ0) is 20.3. The number of halogens is 1. The lowest BCUT2D eigenvalue weighted by Crippen LogP contribution is -2.19. The van der Waals surface area contributed by atoms with Crippen LogP contribution in [0.3, 0.4) is 0 Å². The molecule has 3 rings (SSSR count). The van der Waals surface area contributed by atoms with Crippen LogP contribution in [0.1, 0.15) is 63.2 Å². The van der Waals surface area contributed by atoms with Gasteiger partial charge in [0.15, 0.2) is 0 Å². The molecule has 2 atom stereocenters. The highest BCUT2D eigenvalue weighted by molar-refractivity contribution is 5.59. The molecule has 0 radical (unpaired) electrons. The predicted molar refractivity (Wildman–Crippen MR) is 111 cm³/mol. The summed E-state index contributed by atoms with van der Waals surface area (Å²) in [4.78, 5) is 12.1. The fourth-order valence-corrected chi connectivity index (χ4v) is 3.22. The zero-order valence-corrected chi connectivity index (χ0v) is 17.0. The van der Waals surface area contributed by atoms with Crippen LogP contribution in [-0.4, -0.2) is 15.0 Å². The van der Waals surface area contributed by atoms with Gasteiger partial charge >= 0.3 is 0 Å². The number of imidazole rings is 1. The van der Waals surface area contributed by atoms with Crippen LogP contribution in [0.15, 0.2) is 48.8 Å². The summed E-state index contributed by atoms with van der Waals surface area (Å²) in [6.07, 6.45) is 5.20. The number of pyridine rings is 1. The molecule has 0 aliphatic carbocycles. The van der Waals surface area contributed by atoms with Crippen molar-refractivity contribution in [2.75, 3.05) is 0 Å². The van der Waals surface area contributed by atoms with Gasteiger partial charge < -0.3 is 10.7 Å². The quantitative estimate of drug-likeness (QED) is 0.577. The molecule has 4 nitrogen and oxygen atoms in total. The third-order valence-corrected chi connectivity index (χ3v) is 5.59. The molecule has 148 valence electrons. The molecule has 2 heterocycles. The number of benzene rings is 1. The van der Waals surface area contributed by atoms with E-state index < -0.39 is 0 Å². The third kappa shape index (κ3) is 4.65. The van der Waals surface area contributed by atoms with E-state index in [4.69, 9.17) is 5.73 Å². The molecule has 0 bridgehead atoms. The van der Waals surface area contributed by atoms with Crippen LogP contribution in [0.4, 0.5) is 4.39 Å². The van der Waals surface area contributed by atoms with Gasteiger partial charge in [0.25, 0.3) is 0 Å². The Morgan fingerprint density at radius 1 is 1.07 bits per heavy atom. The van der Waals surface area contributed by atoms with Gasteiger partial charge in [-0.15, -0.1) is 0 Å². The molecule has 3 N–H and O–H groups in total. The molecule has 0 saturated heterocycles. The van der Waals surface area contributed by atoms with Crippen LogP contribution < -0.4 is 5.73 Å². The Hall–Kier alpha value is -2.53. The summed E-state index contributed by atoms with van der Waals surface area (Å²) in [6.45, 7) is 8.82. The fraction of sp³-hybridized carbons (Fsp3) is 0.391. The van der Waals surface area contributed by atoms with Crippen molar-refractivity contribution in [3.05, 3.63) is 71.7 Å². The summed E-state index contributed by atoms with van der Waals surface area (Å²) in [5.74, 6) is 0.590. The van der Waals surface area contributed by atoms with Crippen molar-refractivity contribution < 1.29 is 4.39 Å². The lowest BCUT2D eigenvalue weighted by molar-refractivity contribution is 0.345. The molecule has 2 unspecified atom stereocenters. The van der Waals surface area contributed by atoms with Gasteiger partial charge in [0, 0.05) is 23.4 Å². The van der Waals surface area contributed by atoms with Crippen molar-refractivity contribution >= 4 is 0 Å². The SMILES string of the molecule is CCC(C)(C)Cc1cnc(C(N)C(C)c2ccc(-c3ccc(F)cn3)cc2)[nH]1. The summed E-state index contributed by atoms with van der Waals surface area (Å²) in [5.41, 5.74) is 10.7. The first kappa shape index (κ1) is 20.2. The minimum absolute atomic E-state index is 0.105. The summed E-state index contributed by atoms with van der Waals surface area (Å²) in [7, 11) is 0. The van der Waals surface area contributed by atoms with Crippen molar-refractivity contribution in [1.82, 2.24) is 15.0 Å². The lowest BCUT2D eigenvalue weighted by atomic mass is 9.85. The number of aromatic nitrogens is 3. The van der Waals surface area contributed by atoms with Crippen LogP contribution >= 0.6 is 0 Å². The molecule has 28 heavy (non-hydrogen) atoms. The second-order valence-electron chi connectivity index (χ2n) is 8.29. The van der Waals surface area contributed by atoms with E-state index in [2.05, 4.69) is 54.8 Å². The van der Waals surface area contributed by atoms with Gasteiger partial charge in [0.1, 0.15) is 11.6 Å². The van der Waals surface area contributed by atoms with Gasteiger partial charge in [0.05, 0.1) is 17.9 Å². The van der Waals surface area contributed by atoms with Crippen LogP contribution in [0.5, 0.6) is 0 Å². The highest BCUT2D eigenvalue weighted by Gasteiger charge is 2.22. The van der Waals surface area contributed by atoms with Gasteiger partial charge in [-0.2, -0.15) is 0 Å². The van der Waals surface area contributed by atoms with Gasteiger partial charge in [-0.3, -0.25) is 4.98 Å². The molecule has 1 aromatic carbocycles. The number of nitrogens with two attached hydrogens (primary N) is 1. The maximum atomic E-state index is 13.0. The zero-order valence-electron chi connectivity index (χ0n) is 17.0. The first-order chi connectivity index (χ1) is 13.3. The third-order valence-electron chi connectivity index (χ3n) is 5.59. The minimum atomic E-state index is -0.333. The van der Waals surface area contributed by atoms with E-state index in [1.54, 1.807) is 6.07 Å². The molecular formula is C23H29FN4. The number of H-pyrrole nitrogens is 1. The summed E-state index contributed by atoms with van der Waals surface area (Å²) in [5, 5.41) is 0. The smallest absolute Gasteiger partial charge is 0.141 e. The van der Waals surface area contributed by atoms with Crippen LogP contribution in [0.25, 0.3) is 11.3 Å². The Morgan fingerprint density at radius 3 is 2.39 bits per heavy atom. The Kier molecular flexibility index (Phi) is 5.94. The van der Waals surface area contributed by atoms with E-state index in [9.17, 15) is 4.39 Å². The van der Waals surface area contributed by atoms with E-state index in [-0.39, 0.29) is 23.2 Å². The molecule has 0 spiro atoms. The maximum Gasteiger partial charge on any atom is 0.141 e. The summed E-state index contributed by atoms with van der Waals surface area (Å²) < 4.78 is 13.0. The van der Waals surface area contributed by atoms with Crippen molar-refractivity contribution in [2.45, 2.75) is 52.5 Å². The second kappa shape index (κ2) is 8.23.